The van der Waals surface area contributed by atoms with Crippen molar-refractivity contribution in [1.82, 2.24) is 9.80 Å². The largest absolute Gasteiger partial charge is 0.504 e. The fourth-order valence-corrected chi connectivity index (χ4v) is 4.94. The van der Waals surface area contributed by atoms with Crippen molar-refractivity contribution >= 4 is 29.1 Å². The summed E-state index contributed by atoms with van der Waals surface area (Å²) in [4.78, 5) is 29.5. The molecule has 40 heavy (non-hydrogen) atoms. The van der Waals surface area contributed by atoms with Gasteiger partial charge in [0.25, 0.3) is 5.91 Å². The van der Waals surface area contributed by atoms with E-state index in [4.69, 9.17) is 9.47 Å². The summed E-state index contributed by atoms with van der Waals surface area (Å²) in [5.41, 5.74) is 5.21. The average molecular weight is 545 g/mol. The van der Waals surface area contributed by atoms with E-state index in [9.17, 15) is 14.7 Å². The van der Waals surface area contributed by atoms with Gasteiger partial charge in [-0.3, -0.25) is 9.69 Å². The molecule has 0 radical (unpaired) electrons. The van der Waals surface area contributed by atoms with E-state index in [1.807, 2.05) is 51.1 Å². The first-order valence-electron chi connectivity index (χ1n) is 13.5. The van der Waals surface area contributed by atoms with Crippen LogP contribution in [0.25, 0.3) is 11.1 Å². The van der Waals surface area contributed by atoms with Crippen LogP contribution in [0.5, 0.6) is 11.5 Å². The molecule has 9 heteroatoms. The number of hydrogen-bond acceptors (Lipinski definition) is 7. The number of benzene rings is 3. The number of amides is 2. The van der Waals surface area contributed by atoms with Crippen LogP contribution in [0.3, 0.4) is 0 Å². The second-order valence-electron chi connectivity index (χ2n) is 11.2. The van der Waals surface area contributed by atoms with Crippen LogP contribution in [0.1, 0.15) is 36.7 Å². The number of fused-ring (bicyclic) bond motifs is 2. The zero-order valence-electron chi connectivity index (χ0n) is 23.4. The van der Waals surface area contributed by atoms with Crippen LogP contribution in [-0.2, 0) is 11.2 Å². The van der Waals surface area contributed by atoms with Gasteiger partial charge in [0.1, 0.15) is 5.60 Å². The SMILES string of the molecule is COc1cc(-c2ccc3c(c2)Nc2ccc(CCN4CCN(C(=O)OC(C)(C)C)CC4)cc2NC3=O)ccc1O. The van der Waals surface area contributed by atoms with Gasteiger partial charge in [-0.05, 0) is 80.3 Å². The summed E-state index contributed by atoms with van der Waals surface area (Å²) in [5.74, 6) is 0.291. The van der Waals surface area contributed by atoms with E-state index in [1.165, 1.54) is 7.11 Å². The van der Waals surface area contributed by atoms with Gasteiger partial charge in [-0.1, -0.05) is 18.2 Å². The van der Waals surface area contributed by atoms with E-state index in [2.05, 4.69) is 21.6 Å². The van der Waals surface area contributed by atoms with Gasteiger partial charge in [0.05, 0.1) is 29.7 Å². The second kappa shape index (κ2) is 11.1. The number of methoxy groups -OCH3 is 1. The molecular weight excluding hydrogens is 508 g/mol. The highest BCUT2D eigenvalue weighted by atomic mass is 16.6. The Balaban J connectivity index is 1.24. The van der Waals surface area contributed by atoms with Gasteiger partial charge < -0.3 is 30.1 Å². The van der Waals surface area contributed by atoms with Gasteiger partial charge in [-0.25, -0.2) is 4.79 Å². The van der Waals surface area contributed by atoms with Crippen LogP contribution < -0.4 is 15.4 Å². The predicted octanol–water partition coefficient (Wildman–Crippen LogP) is 5.47. The number of carbonyl (C=O) groups excluding carboxylic acids is 2. The molecule has 0 aliphatic carbocycles. The Kier molecular flexibility index (Phi) is 7.58. The number of phenols is 1. The molecule has 1 saturated heterocycles. The fraction of sp³-hybridized carbons (Fsp3) is 0.355. The summed E-state index contributed by atoms with van der Waals surface area (Å²) in [5, 5.41) is 16.4. The molecule has 3 N–H and O–H groups in total. The van der Waals surface area contributed by atoms with Crippen LogP contribution in [0.15, 0.2) is 54.6 Å². The molecule has 0 saturated carbocycles. The Morgan fingerprint density at radius 2 is 1.62 bits per heavy atom. The smallest absolute Gasteiger partial charge is 0.410 e. The number of hydrogen-bond donors (Lipinski definition) is 3. The maximum Gasteiger partial charge on any atom is 0.410 e. The van der Waals surface area contributed by atoms with Crippen molar-refractivity contribution < 1.29 is 24.2 Å². The number of nitrogens with zero attached hydrogens (tertiary/aromatic N) is 2. The normalized spacial score (nSPS) is 15.3. The monoisotopic (exact) mass is 544 g/mol. The average Bonchev–Trinajstić information content (AvgIpc) is 3.06. The Morgan fingerprint density at radius 1 is 0.900 bits per heavy atom. The molecule has 210 valence electrons. The molecule has 2 aliphatic heterocycles. The van der Waals surface area contributed by atoms with Gasteiger partial charge in [-0.2, -0.15) is 0 Å². The molecule has 0 bridgehead atoms. The predicted molar refractivity (Wildman–Crippen MR) is 156 cm³/mol. The number of piperazine rings is 1. The number of nitrogens with one attached hydrogen (secondary N) is 2. The lowest BCUT2D eigenvalue weighted by Crippen LogP contribution is -2.50. The Morgan fingerprint density at radius 3 is 2.35 bits per heavy atom. The summed E-state index contributed by atoms with van der Waals surface area (Å²) in [6, 6.07) is 16.9. The molecule has 1 fully saturated rings. The Labute approximate surface area is 234 Å². The zero-order chi connectivity index (χ0) is 28.4. The molecule has 0 aromatic heterocycles. The van der Waals surface area contributed by atoms with E-state index < -0.39 is 5.60 Å². The molecule has 3 aromatic carbocycles. The molecule has 3 aromatic rings. The minimum Gasteiger partial charge on any atom is -0.504 e. The number of ether oxygens (including phenoxy) is 2. The number of rotatable bonds is 5. The van der Waals surface area contributed by atoms with Crippen LogP contribution in [0.2, 0.25) is 0 Å². The first-order valence-corrected chi connectivity index (χ1v) is 13.5. The van der Waals surface area contributed by atoms with Crippen molar-refractivity contribution in [2.24, 2.45) is 0 Å². The van der Waals surface area contributed by atoms with E-state index in [0.29, 0.717) is 30.1 Å². The third kappa shape index (κ3) is 6.15. The molecule has 0 unspecified atom stereocenters. The van der Waals surface area contributed by atoms with Crippen molar-refractivity contribution in [1.29, 1.82) is 0 Å². The van der Waals surface area contributed by atoms with E-state index in [-0.39, 0.29) is 17.7 Å². The first-order chi connectivity index (χ1) is 19.1. The number of phenolic OH excluding ortho intramolecular Hbond substituents is 1. The molecule has 2 amide bonds. The molecule has 2 heterocycles. The zero-order valence-corrected chi connectivity index (χ0v) is 23.4. The van der Waals surface area contributed by atoms with Crippen molar-refractivity contribution in [3.05, 3.63) is 65.7 Å². The van der Waals surface area contributed by atoms with Gasteiger partial charge >= 0.3 is 6.09 Å². The van der Waals surface area contributed by atoms with Crippen molar-refractivity contribution in [3.8, 4) is 22.6 Å². The summed E-state index contributed by atoms with van der Waals surface area (Å²) in [7, 11) is 1.51. The van der Waals surface area contributed by atoms with Gasteiger partial charge in [0, 0.05) is 32.7 Å². The summed E-state index contributed by atoms with van der Waals surface area (Å²) in [6.45, 7) is 9.40. The molecule has 9 nitrogen and oxygen atoms in total. The quantitative estimate of drug-likeness (QED) is 0.391. The van der Waals surface area contributed by atoms with E-state index in [0.717, 1.165) is 54.1 Å². The van der Waals surface area contributed by atoms with Crippen LogP contribution in [0, 0.1) is 0 Å². The van der Waals surface area contributed by atoms with Crippen molar-refractivity contribution in [2.75, 3.05) is 50.5 Å². The van der Waals surface area contributed by atoms with Crippen LogP contribution in [-0.4, -0.2) is 72.3 Å². The molecule has 0 spiro atoms. The summed E-state index contributed by atoms with van der Waals surface area (Å²) in [6.07, 6.45) is 0.576. The minimum absolute atomic E-state index is 0.0753. The topological polar surface area (TPSA) is 103 Å². The maximum absolute atomic E-state index is 13.1. The van der Waals surface area contributed by atoms with Crippen molar-refractivity contribution in [3.63, 3.8) is 0 Å². The highest BCUT2D eigenvalue weighted by molar-refractivity contribution is 6.12. The first kappa shape index (κ1) is 27.3. The highest BCUT2D eigenvalue weighted by Crippen LogP contribution is 2.37. The van der Waals surface area contributed by atoms with Gasteiger partial charge in [0.2, 0.25) is 0 Å². The Bertz CT molecular complexity index is 1420. The highest BCUT2D eigenvalue weighted by Gasteiger charge is 2.26. The molecule has 0 atom stereocenters. The van der Waals surface area contributed by atoms with E-state index >= 15 is 0 Å². The number of carbonyl (C=O) groups is 2. The lowest BCUT2D eigenvalue weighted by atomic mass is 10.0. The number of aromatic hydroxyl groups is 1. The second-order valence-corrected chi connectivity index (χ2v) is 11.2. The standard InChI is InChI=1S/C31H36N4O5/c1-31(2,3)40-30(38)35-15-13-34(14-16-35)12-11-20-5-9-24-26(17-20)33-29(37)23-8-6-21(18-25(23)32-24)22-7-10-27(36)28(19-22)39-4/h5-10,17-19,32,36H,11-16H2,1-4H3,(H,33,37). The fourth-order valence-electron chi connectivity index (χ4n) is 4.94. The lowest BCUT2D eigenvalue weighted by molar-refractivity contribution is 0.0146. The third-order valence-electron chi connectivity index (χ3n) is 7.12. The van der Waals surface area contributed by atoms with Gasteiger partial charge in [0.15, 0.2) is 11.5 Å². The third-order valence-corrected chi connectivity index (χ3v) is 7.12. The molecule has 5 rings (SSSR count). The Hall–Kier alpha value is -4.24. The van der Waals surface area contributed by atoms with Crippen molar-refractivity contribution in [2.45, 2.75) is 32.8 Å². The van der Waals surface area contributed by atoms with Gasteiger partial charge in [-0.15, -0.1) is 0 Å². The summed E-state index contributed by atoms with van der Waals surface area (Å²) >= 11 is 0. The minimum atomic E-state index is -0.492. The molecule has 2 aliphatic rings. The summed E-state index contributed by atoms with van der Waals surface area (Å²) < 4.78 is 10.7. The number of anilines is 3. The van der Waals surface area contributed by atoms with Crippen LogP contribution >= 0.6 is 0 Å². The van der Waals surface area contributed by atoms with E-state index in [1.54, 1.807) is 23.1 Å². The van der Waals surface area contributed by atoms with Crippen LogP contribution in [0.4, 0.5) is 21.9 Å². The molecular formula is C31H36N4O5. The lowest BCUT2D eigenvalue weighted by Gasteiger charge is -2.35. The maximum atomic E-state index is 13.1.